The van der Waals surface area contributed by atoms with Crippen LogP contribution < -0.4 is 22.6 Å². The number of hydrogen-bond acceptors (Lipinski definition) is 2. The molecule has 0 aliphatic carbocycles. The lowest BCUT2D eigenvalue weighted by Gasteiger charge is -2.31. The second kappa shape index (κ2) is 9.03. The van der Waals surface area contributed by atoms with Gasteiger partial charge in [-0.1, -0.05) is 12.1 Å². The molecule has 118 valence electrons. The summed E-state index contributed by atoms with van der Waals surface area (Å²) < 4.78 is 0. The van der Waals surface area contributed by atoms with Crippen LogP contribution in [0.1, 0.15) is 18.9 Å². The number of anilines is 1. The van der Waals surface area contributed by atoms with Crippen LogP contribution in [0.25, 0.3) is 0 Å². The van der Waals surface area contributed by atoms with Crippen molar-refractivity contribution >= 4 is 11.6 Å². The summed E-state index contributed by atoms with van der Waals surface area (Å²) in [5, 5.41) is 2.97. The number of rotatable bonds is 5. The standard InChI is InChI=1S/C16H25N3O.ClH/c1-3-18-9-11-19(12-10-18)8-7-16(20)17-15-6-4-5-14(2)13-15;/h4-6,13H,3,7-12H2,1-2H3,(H,17,20);1H. The van der Waals surface area contributed by atoms with Crippen molar-refractivity contribution in [2.24, 2.45) is 0 Å². The Balaban J connectivity index is 0.00000220. The number of carbonyl (C=O) groups excluding carboxylic acids is 1. The topological polar surface area (TPSA) is 36.8 Å². The fraction of sp³-hybridized carbons (Fsp3) is 0.562. The Hall–Kier alpha value is -1.10. The first kappa shape index (κ1) is 18.0. The zero-order valence-electron chi connectivity index (χ0n) is 13.0. The van der Waals surface area contributed by atoms with Gasteiger partial charge in [0.1, 0.15) is 0 Å². The van der Waals surface area contributed by atoms with E-state index in [0.29, 0.717) is 6.42 Å². The lowest BCUT2D eigenvalue weighted by molar-refractivity contribution is -0.902. The first-order valence-electron chi connectivity index (χ1n) is 7.60. The Kier molecular flexibility index (Phi) is 7.72. The molecule has 5 heteroatoms. The smallest absolute Gasteiger partial charge is 0.225 e. The van der Waals surface area contributed by atoms with Gasteiger partial charge in [-0.2, -0.15) is 0 Å². The molecule has 1 aliphatic rings. The highest BCUT2D eigenvalue weighted by molar-refractivity contribution is 5.90. The third kappa shape index (κ3) is 6.04. The van der Waals surface area contributed by atoms with E-state index in [0.717, 1.165) is 25.3 Å². The van der Waals surface area contributed by atoms with E-state index in [-0.39, 0.29) is 18.3 Å². The third-order valence-electron chi connectivity index (χ3n) is 4.02. The van der Waals surface area contributed by atoms with Gasteiger partial charge in [0.05, 0.1) is 19.6 Å². The van der Waals surface area contributed by atoms with Crippen molar-refractivity contribution in [3.63, 3.8) is 0 Å². The van der Waals surface area contributed by atoms with E-state index in [2.05, 4.69) is 17.1 Å². The van der Waals surface area contributed by atoms with Crippen LogP contribution in [0, 0.1) is 6.92 Å². The molecule has 0 atom stereocenters. The highest BCUT2D eigenvalue weighted by Crippen LogP contribution is 2.09. The van der Waals surface area contributed by atoms with Crippen molar-refractivity contribution in [1.82, 2.24) is 4.90 Å². The predicted octanol–water partition coefficient (Wildman–Crippen LogP) is -2.45. The Bertz CT molecular complexity index is 445. The number of carbonyl (C=O) groups is 1. The molecular weight excluding hydrogens is 286 g/mol. The third-order valence-corrected chi connectivity index (χ3v) is 4.02. The fourth-order valence-corrected chi connectivity index (χ4v) is 2.65. The maximum absolute atomic E-state index is 11.9. The van der Waals surface area contributed by atoms with Crippen LogP contribution in [-0.2, 0) is 4.79 Å². The molecule has 0 unspecified atom stereocenters. The molecule has 0 saturated carbocycles. The summed E-state index contributed by atoms with van der Waals surface area (Å²) in [5.74, 6) is 0.112. The molecule has 0 bridgehead atoms. The first-order chi connectivity index (χ1) is 9.67. The lowest BCUT2D eigenvalue weighted by Crippen LogP contribution is -3.14. The van der Waals surface area contributed by atoms with Gasteiger partial charge in [-0.05, 0) is 31.5 Å². The maximum atomic E-state index is 11.9. The monoisotopic (exact) mass is 311 g/mol. The number of amides is 1. The van der Waals surface area contributed by atoms with Gasteiger partial charge in [0.15, 0.2) is 0 Å². The first-order valence-corrected chi connectivity index (χ1v) is 7.60. The summed E-state index contributed by atoms with van der Waals surface area (Å²) in [6.45, 7) is 11.0. The molecular formula is C16H26ClN3O. The number of nitrogens with zero attached hydrogens (tertiary/aromatic N) is 1. The molecule has 0 radical (unpaired) electrons. The van der Waals surface area contributed by atoms with Crippen LogP contribution in [0.3, 0.4) is 0 Å². The van der Waals surface area contributed by atoms with Crippen molar-refractivity contribution in [2.75, 3.05) is 44.6 Å². The molecule has 2 rings (SSSR count). The van der Waals surface area contributed by atoms with Gasteiger partial charge in [-0.3, -0.25) is 9.69 Å². The Morgan fingerprint density at radius 1 is 1.33 bits per heavy atom. The van der Waals surface area contributed by atoms with Gasteiger partial charge in [0.25, 0.3) is 0 Å². The van der Waals surface area contributed by atoms with E-state index in [4.69, 9.17) is 0 Å². The van der Waals surface area contributed by atoms with E-state index in [1.165, 1.54) is 25.2 Å². The summed E-state index contributed by atoms with van der Waals surface area (Å²) in [6.07, 6.45) is 0.579. The van der Waals surface area contributed by atoms with Crippen LogP contribution in [0.4, 0.5) is 5.69 Å². The minimum atomic E-state index is 0. The van der Waals surface area contributed by atoms with Gasteiger partial charge in [-0.15, -0.1) is 0 Å². The largest absolute Gasteiger partial charge is 1.00 e. The Morgan fingerprint density at radius 3 is 2.67 bits per heavy atom. The molecule has 1 aromatic rings. The normalized spacial score (nSPS) is 16.3. The van der Waals surface area contributed by atoms with Gasteiger partial charge in [-0.25, -0.2) is 0 Å². The summed E-state index contributed by atoms with van der Waals surface area (Å²) in [7, 11) is 0. The molecule has 4 nitrogen and oxygen atoms in total. The van der Waals surface area contributed by atoms with Crippen molar-refractivity contribution in [2.45, 2.75) is 20.3 Å². The van der Waals surface area contributed by atoms with E-state index in [1.807, 2.05) is 31.2 Å². The van der Waals surface area contributed by atoms with E-state index >= 15 is 0 Å². The van der Waals surface area contributed by atoms with Gasteiger partial charge < -0.3 is 22.6 Å². The predicted molar refractivity (Wildman–Crippen MR) is 82.1 cm³/mol. The second-order valence-electron chi connectivity index (χ2n) is 5.61. The zero-order valence-corrected chi connectivity index (χ0v) is 13.7. The van der Waals surface area contributed by atoms with Gasteiger partial charge >= 0.3 is 0 Å². The van der Waals surface area contributed by atoms with Crippen molar-refractivity contribution < 1.29 is 22.1 Å². The molecule has 1 heterocycles. The molecule has 1 aromatic carbocycles. The van der Waals surface area contributed by atoms with E-state index < -0.39 is 0 Å². The minimum absolute atomic E-state index is 0. The fourth-order valence-electron chi connectivity index (χ4n) is 2.65. The number of benzene rings is 1. The summed E-state index contributed by atoms with van der Waals surface area (Å²) in [4.78, 5) is 16.0. The molecule has 1 aliphatic heterocycles. The second-order valence-corrected chi connectivity index (χ2v) is 5.61. The van der Waals surface area contributed by atoms with Crippen molar-refractivity contribution in [3.05, 3.63) is 29.8 Å². The Morgan fingerprint density at radius 2 is 2.05 bits per heavy atom. The number of halogens is 1. The zero-order chi connectivity index (χ0) is 14.4. The molecule has 2 N–H and O–H groups in total. The molecule has 0 aromatic heterocycles. The average molecular weight is 312 g/mol. The number of piperazine rings is 1. The summed E-state index contributed by atoms with van der Waals surface area (Å²) >= 11 is 0. The SMILES string of the molecule is CC[NH+]1CCN(CCC(=O)Nc2cccc(C)c2)CC1.[Cl-]. The Labute approximate surface area is 133 Å². The van der Waals surface area contributed by atoms with Crippen LogP contribution in [0.5, 0.6) is 0 Å². The number of aryl methyl sites for hydroxylation is 1. The van der Waals surface area contributed by atoms with Crippen molar-refractivity contribution in [3.8, 4) is 0 Å². The molecule has 1 amide bonds. The molecule has 1 saturated heterocycles. The molecule has 1 fully saturated rings. The van der Waals surface area contributed by atoms with Gasteiger partial charge in [0.2, 0.25) is 5.91 Å². The summed E-state index contributed by atoms with van der Waals surface area (Å²) in [6, 6.07) is 7.94. The lowest BCUT2D eigenvalue weighted by atomic mass is 10.2. The quantitative estimate of drug-likeness (QED) is 0.633. The van der Waals surface area contributed by atoms with E-state index in [1.54, 1.807) is 4.90 Å². The average Bonchev–Trinajstić information content (AvgIpc) is 2.46. The van der Waals surface area contributed by atoms with Crippen LogP contribution >= 0.6 is 0 Å². The highest BCUT2D eigenvalue weighted by atomic mass is 35.5. The number of nitrogens with one attached hydrogen (secondary N) is 2. The summed E-state index contributed by atoms with van der Waals surface area (Å²) in [5.41, 5.74) is 2.07. The van der Waals surface area contributed by atoms with Crippen LogP contribution in [0.15, 0.2) is 24.3 Å². The minimum Gasteiger partial charge on any atom is -1.00 e. The number of likely N-dealkylation sites (N-methyl/N-ethyl adjacent to an activating group) is 1. The maximum Gasteiger partial charge on any atom is 0.225 e. The van der Waals surface area contributed by atoms with E-state index in [9.17, 15) is 4.79 Å². The number of quaternary nitrogens is 1. The molecule has 0 spiro atoms. The number of hydrogen-bond donors (Lipinski definition) is 2. The van der Waals surface area contributed by atoms with Crippen LogP contribution in [0.2, 0.25) is 0 Å². The highest BCUT2D eigenvalue weighted by Gasteiger charge is 2.18. The molecule has 21 heavy (non-hydrogen) atoms. The van der Waals surface area contributed by atoms with Crippen LogP contribution in [-0.4, -0.2) is 50.1 Å². The van der Waals surface area contributed by atoms with Gasteiger partial charge in [0, 0.05) is 31.7 Å². The van der Waals surface area contributed by atoms with Crippen molar-refractivity contribution in [1.29, 1.82) is 0 Å².